The van der Waals surface area contributed by atoms with Crippen molar-refractivity contribution in [1.29, 1.82) is 0 Å². The molecular weight excluding hydrogens is 310 g/mol. The summed E-state index contributed by atoms with van der Waals surface area (Å²) in [6.45, 7) is 2.28. The average molecular weight is 333 g/mol. The maximum atomic E-state index is 12.3. The van der Waals surface area contributed by atoms with Crippen molar-refractivity contribution in [2.45, 2.75) is 51.0 Å². The Morgan fingerprint density at radius 2 is 2.13 bits per heavy atom. The minimum absolute atomic E-state index is 0.180. The second kappa shape index (κ2) is 6.84. The monoisotopic (exact) mass is 333 g/mol. The number of H-pyrrole nitrogens is 1. The summed E-state index contributed by atoms with van der Waals surface area (Å²) in [6.07, 6.45) is 7.73. The number of aromatic amines is 1. The first-order valence-electron chi connectivity index (χ1n) is 8.17. The second-order valence-corrected chi connectivity index (χ2v) is 7.44. The molecule has 2 aromatic rings. The molecule has 2 aromatic heterocycles. The highest BCUT2D eigenvalue weighted by Gasteiger charge is 2.28. The highest BCUT2D eigenvalue weighted by Crippen LogP contribution is 2.26. The van der Waals surface area contributed by atoms with Crippen LogP contribution in [0.1, 0.15) is 54.0 Å². The zero-order valence-electron chi connectivity index (χ0n) is 13.4. The predicted octanol–water partition coefficient (Wildman–Crippen LogP) is 3.26. The van der Waals surface area contributed by atoms with Crippen molar-refractivity contribution in [3.05, 3.63) is 28.3 Å². The number of hydrogen-bond donors (Lipinski definition) is 3. The van der Waals surface area contributed by atoms with E-state index in [2.05, 4.69) is 15.3 Å². The van der Waals surface area contributed by atoms with Crippen molar-refractivity contribution < 1.29 is 9.90 Å². The Hall–Kier alpha value is -1.66. The van der Waals surface area contributed by atoms with Gasteiger partial charge in [-0.15, -0.1) is 11.3 Å². The van der Waals surface area contributed by atoms with E-state index in [-0.39, 0.29) is 5.91 Å². The van der Waals surface area contributed by atoms with Gasteiger partial charge >= 0.3 is 0 Å². The van der Waals surface area contributed by atoms with Crippen LogP contribution in [0.15, 0.2) is 17.6 Å². The summed E-state index contributed by atoms with van der Waals surface area (Å²) in [5.74, 6) is -0.180. The Morgan fingerprint density at radius 1 is 1.39 bits per heavy atom. The lowest BCUT2D eigenvalue weighted by Gasteiger charge is -2.26. The number of carbonyl (C=O) groups is 1. The molecule has 124 valence electrons. The quantitative estimate of drug-likeness (QED) is 0.752. The number of rotatable bonds is 4. The maximum Gasteiger partial charge on any atom is 0.267 e. The predicted molar refractivity (Wildman–Crippen MR) is 91.6 cm³/mol. The van der Waals surface area contributed by atoms with Gasteiger partial charge in [-0.1, -0.05) is 25.7 Å². The summed E-state index contributed by atoms with van der Waals surface area (Å²) in [4.78, 5) is 19.7. The van der Waals surface area contributed by atoms with Crippen molar-refractivity contribution in [1.82, 2.24) is 15.3 Å². The van der Waals surface area contributed by atoms with Crippen LogP contribution in [0, 0.1) is 6.92 Å². The van der Waals surface area contributed by atoms with E-state index in [0.717, 1.165) is 41.9 Å². The van der Waals surface area contributed by atoms with Gasteiger partial charge in [-0.05, 0) is 25.8 Å². The molecule has 0 bridgehead atoms. The highest BCUT2D eigenvalue weighted by molar-refractivity contribution is 7.09. The molecule has 0 unspecified atom stereocenters. The summed E-state index contributed by atoms with van der Waals surface area (Å²) in [7, 11) is 0. The van der Waals surface area contributed by atoms with Gasteiger partial charge in [0.25, 0.3) is 5.91 Å². The number of aryl methyl sites for hydroxylation is 1. The number of hydrogen-bond acceptors (Lipinski definition) is 4. The second-order valence-electron chi connectivity index (χ2n) is 6.38. The topological polar surface area (TPSA) is 78.0 Å². The van der Waals surface area contributed by atoms with Gasteiger partial charge in [-0.25, -0.2) is 4.98 Å². The van der Waals surface area contributed by atoms with Crippen molar-refractivity contribution in [2.24, 2.45) is 0 Å². The van der Waals surface area contributed by atoms with Crippen molar-refractivity contribution in [3.63, 3.8) is 0 Å². The number of nitrogens with one attached hydrogen (secondary N) is 2. The fraction of sp³-hybridized carbons (Fsp3) is 0.529. The largest absolute Gasteiger partial charge is 0.388 e. The summed E-state index contributed by atoms with van der Waals surface area (Å²) in [5, 5.41) is 16.5. The van der Waals surface area contributed by atoms with Crippen LogP contribution in [0.4, 0.5) is 0 Å². The van der Waals surface area contributed by atoms with E-state index >= 15 is 0 Å². The molecule has 5 nitrogen and oxygen atoms in total. The maximum absolute atomic E-state index is 12.3. The molecule has 1 saturated carbocycles. The molecule has 0 aromatic carbocycles. The first-order chi connectivity index (χ1) is 11.1. The summed E-state index contributed by atoms with van der Waals surface area (Å²) in [6, 6.07) is 1.81. The standard InChI is InChI=1S/C17H23N3O2S/c1-12-20-15(10-23-12)13-8-14(18-9-13)16(21)19-11-17(22)6-4-2-3-5-7-17/h8-10,18,22H,2-7,11H2,1H3,(H,19,21). The number of aliphatic hydroxyl groups is 1. The summed E-state index contributed by atoms with van der Waals surface area (Å²) >= 11 is 1.59. The van der Waals surface area contributed by atoms with E-state index in [4.69, 9.17) is 0 Å². The van der Waals surface area contributed by atoms with E-state index in [1.807, 2.05) is 12.3 Å². The molecule has 3 N–H and O–H groups in total. The van der Waals surface area contributed by atoms with E-state index in [0.29, 0.717) is 12.2 Å². The molecule has 23 heavy (non-hydrogen) atoms. The van der Waals surface area contributed by atoms with Crippen LogP contribution < -0.4 is 5.32 Å². The molecule has 0 spiro atoms. The van der Waals surface area contributed by atoms with Crippen LogP contribution in [-0.2, 0) is 0 Å². The van der Waals surface area contributed by atoms with Crippen LogP contribution in [0.5, 0.6) is 0 Å². The van der Waals surface area contributed by atoms with Crippen LogP contribution >= 0.6 is 11.3 Å². The lowest BCUT2D eigenvalue weighted by atomic mass is 9.94. The molecule has 3 rings (SSSR count). The Labute approximate surface area is 140 Å². The lowest BCUT2D eigenvalue weighted by molar-refractivity contribution is 0.0246. The molecule has 1 aliphatic rings. The Bertz CT molecular complexity index is 669. The van der Waals surface area contributed by atoms with Crippen LogP contribution in [-0.4, -0.2) is 33.1 Å². The molecular formula is C17H23N3O2S. The Balaban J connectivity index is 1.61. The van der Waals surface area contributed by atoms with Gasteiger partial charge < -0.3 is 15.4 Å². The SMILES string of the molecule is Cc1nc(-c2c[nH]c(C(=O)NCC3(O)CCCCCC3)c2)cs1. The highest BCUT2D eigenvalue weighted by atomic mass is 32.1. The molecule has 0 saturated heterocycles. The summed E-state index contributed by atoms with van der Waals surface area (Å²) < 4.78 is 0. The van der Waals surface area contributed by atoms with Gasteiger partial charge in [0.1, 0.15) is 5.69 Å². The van der Waals surface area contributed by atoms with E-state index < -0.39 is 5.60 Å². The fourth-order valence-corrected chi connectivity index (χ4v) is 3.69. The molecule has 1 amide bonds. The number of aromatic nitrogens is 2. The lowest BCUT2D eigenvalue weighted by Crippen LogP contribution is -2.42. The normalized spacial score (nSPS) is 17.7. The van der Waals surface area contributed by atoms with E-state index in [9.17, 15) is 9.90 Å². The van der Waals surface area contributed by atoms with Gasteiger partial charge in [0.2, 0.25) is 0 Å². The average Bonchev–Trinajstić information content (AvgIpc) is 3.12. The Morgan fingerprint density at radius 3 is 2.78 bits per heavy atom. The first-order valence-corrected chi connectivity index (χ1v) is 9.05. The third kappa shape index (κ3) is 4.00. The zero-order chi connectivity index (χ0) is 16.3. The molecule has 0 radical (unpaired) electrons. The molecule has 0 atom stereocenters. The van der Waals surface area contributed by atoms with E-state index in [1.54, 1.807) is 23.6 Å². The smallest absolute Gasteiger partial charge is 0.267 e. The van der Waals surface area contributed by atoms with Gasteiger partial charge in [0.15, 0.2) is 0 Å². The van der Waals surface area contributed by atoms with Crippen LogP contribution in [0.25, 0.3) is 11.3 Å². The molecule has 2 heterocycles. The number of carbonyl (C=O) groups excluding carboxylic acids is 1. The minimum Gasteiger partial charge on any atom is -0.388 e. The third-order valence-electron chi connectivity index (χ3n) is 4.45. The first kappa shape index (κ1) is 16.2. The van der Waals surface area contributed by atoms with Gasteiger partial charge in [0, 0.05) is 23.7 Å². The molecule has 6 heteroatoms. The van der Waals surface area contributed by atoms with Crippen molar-refractivity contribution in [2.75, 3.05) is 6.54 Å². The van der Waals surface area contributed by atoms with Crippen LogP contribution in [0.2, 0.25) is 0 Å². The number of thiazole rings is 1. The molecule has 0 aliphatic heterocycles. The third-order valence-corrected chi connectivity index (χ3v) is 5.23. The van der Waals surface area contributed by atoms with Gasteiger partial charge in [-0.3, -0.25) is 4.79 Å². The number of nitrogens with zero attached hydrogens (tertiary/aromatic N) is 1. The van der Waals surface area contributed by atoms with Crippen LogP contribution in [0.3, 0.4) is 0 Å². The Kier molecular flexibility index (Phi) is 4.82. The fourth-order valence-electron chi connectivity index (χ4n) is 3.07. The number of amides is 1. The van der Waals surface area contributed by atoms with Crippen molar-refractivity contribution >= 4 is 17.2 Å². The van der Waals surface area contributed by atoms with E-state index in [1.165, 1.54) is 12.8 Å². The van der Waals surface area contributed by atoms with Gasteiger partial charge in [-0.2, -0.15) is 0 Å². The zero-order valence-corrected chi connectivity index (χ0v) is 14.2. The van der Waals surface area contributed by atoms with Crippen molar-refractivity contribution in [3.8, 4) is 11.3 Å². The van der Waals surface area contributed by atoms with Gasteiger partial charge in [0.05, 0.1) is 16.3 Å². The minimum atomic E-state index is -0.756. The summed E-state index contributed by atoms with van der Waals surface area (Å²) in [5.41, 5.74) is 1.54. The molecule has 1 aliphatic carbocycles. The molecule has 1 fully saturated rings.